The molecule has 3 atom stereocenters. The molecule has 0 spiro atoms. The Morgan fingerprint density at radius 3 is 2.40 bits per heavy atom. The van der Waals surface area contributed by atoms with Crippen LogP contribution in [-0.2, 0) is 0 Å². The molecule has 1 aliphatic heterocycles. The average Bonchev–Trinajstić information content (AvgIpc) is 3.01. The number of hydrogen-bond acceptors (Lipinski definition) is 2. The van der Waals surface area contributed by atoms with E-state index in [2.05, 4.69) is 4.74 Å². The summed E-state index contributed by atoms with van der Waals surface area (Å²) in [4.78, 5) is 16.8. The quantitative estimate of drug-likeness (QED) is 0.369. The lowest BCUT2D eigenvalue weighted by Gasteiger charge is -2.38. The summed E-state index contributed by atoms with van der Waals surface area (Å²) < 4.78 is 43.0. The lowest BCUT2D eigenvalue weighted by atomic mass is 9.83. The van der Waals surface area contributed by atoms with E-state index in [9.17, 15) is 18.0 Å². The maximum Gasteiger partial charge on any atom is 0.573 e. The normalized spacial score (nSPS) is 26.8. The van der Waals surface area contributed by atoms with Gasteiger partial charge in [0, 0.05) is 16.4 Å². The van der Waals surface area contributed by atoms with Crippen molar-refractivity contribution in [2.75, 3.05) is 4.90 Å². The van der Waals surface area contributed by atoms with Crippen molar-refractivity contribution in [2.24, 2.45) is 0 Å². The molecule has 2 aromatic rings. The molecule has 2 amide bonds. The van der Waals surface area contributed by atoms with Crippen LogP contribution in [0.5, 0.6) is 5.75 Å². The lowest BCUT2D eigenvalue weighted by molar-refractivity contribution is -0.274. The topological polar surface area (TPSA) is 32.8 Å². The van der Waals surface area contributed by atoms with Crippen LogP contribution in [0.1, 0.15) is 45.2 Å². The van der Waals surface area contributed by atoms with Crippen molar-refractivity contribution in [3.8, 4) is 5.75 Å². The largest absolute Gasteiger partial charge is 0.573 e. The van der Waals surface area contributed by atoms with Crippen molar-refractivity contribution >= 4 is 34.9 Å². The molecule has 4 rings (SSSR count). The number of rotatable bonds is 5. The molecule has 0 N–H and O–H groups in total. The predicted octanol–water partition coefficient (Wildman–Crippen LogP) is 8.23. The fraction of sp³-hybridized carbons (Fsp3) is 0.346. The number of urea groups is 1. The number of anilines is 1. The van der Waals surface area contributed by atoms with Crippen LogP contribution in [0.4, 0.5) is 23.7 Å². The maximum atomic E-state index is 14.0. The molecule has 4 nitrogen and oxygen atoms in total. The summed E-state index contributed by atoms with van der Waals surface area (Å²) in [5.41, 5.74) is 0.991. The molecule has 35 heavy (non-hydrogen) atoms. The van der Waals surface area contributed by atoms with Gasteiger partial charge in [-0.2, -0.15) is 0 Å². The van der Waals surface area contributed by atoms with Gasteiger partial charge in [0.2, 0.25) is 0 Å². The van der Waals surface area contributed by atoms with Crippen molar-refractivity contribution < 1.29 is 22.7 Å². The van der Waals surface area contributed by atoms with Gasteiger partial charge in [0.15, 0.2) is 0 Å². The van der Waals surface area contributed by atoms with Crippen LogP contribution in [0.15, 0.2) is 72.5 Å². The Morgan fingerprint density at radius 1 is 1.14 bits per heavy atom. The van der Waals surface area contributed by atoms with E-state index in [0.29, 0.717) is 34.8 Å². The van der Waals surface area contributed by atoms with E-state index in [1.165, 1.54) is 18.2 Å². The molecule has 186 valence electrons. The number of benzene rings is 2. The third kappa shape index (κ3) is 5.02. The Hall–Kier alpha value is -2.64. The van der Waals surface area contributed by atoms with E-state index in [1.54, 1.807) is 46.2 Å². The number of hydrogen-bond donors (Lipinski definition) is 0. The number of amides is 2. The average molecular weight is 525 g/mol. The summed E-state index contributed by atoms with van der Waals surface area (Å²) in [6, 6.07) is 11.8. The van der Waals surface area contributed by atoms with Gasteiger partial charge in [-0.25, -0.2) is 4.79 Å². The van der Waals surface area contributed by atoms with E-state index in [4.69, 9.17) is 23.2 Å². The molecule has 9 heteroatoms. The summed E-state index contributed by atoms with van der Waals surface area (Å²) in [6.07, 6.45) is 1.70. The summed E-state index contributed by atoms with van der Waals surface area (Å²) in [7, 11) is 0. The van der Waals surface area contributed by atoms with Gasteiger partial charge in [-0.3, -0.25) is 9.80 Å². The smallest absolute Gasteiger partial charge is 0.406 e. The SMILES string of the molecule is CC[C@@]1(C)[C@@H](c2cccc(OC(F)(F)F)c2)N(C2=CCC(C)(Cl)C=C2)C(=O)N1c1ccc(Cl)cc1. The molecule has 2 aliphatic rings. The van der Waals surface area contributed by atoms with Crippen molar-refractivity contribution in [1.82, 2.24) is 4.90 Å². The standard InChI is InChI=1S/C26H25Cl2F3N2O2/c1-4-25(3)22(17-6-5-7-21(16-17)35-26(29,30)31)32(19-12-14-24(2,28)15-13-19)23(34)33(25)20-10-8-18(27)9-11-20/h5-14,16,22H,4,15H2,1-3H3/t22-,24?,25+/m1/s1. The number of carbonyl (C=O) groups excluding carboxylic acids is 1. The maximum absolute atomic E-state index is 14.0. The highest BCUT2D eigenvalue weighted by Crippen LogP contribution is 2.50. The van der Waals surface area contributed by atoms with Crippen LogP contribution < -0.4 is 9.64 Å². The second kappa shape index (κ2) is 9.10. The molecule has 1 unspecified atom stereocenters. The number of allylic oxidation sites excluding steroid dienone is 3. The van der Waals surface area contributed by atoms with E-state index in [0.717, 1.165) is 0 Å². The summed E-state index contributed by atoms with van der Waals surface area (Å²) in [6.45, 7) is 5.75. The van der Waals surface area contributed by atoms with E-state index < -0.39 is 22.8 Å². The summed E-state index contributed by atoms with van der Waals surface area (Å²) in [5, 5.41) is 0.531. The molecule has 0 aromatic heterocycles. The van der Waals surface area contributed by atoms with Gasteiger partial charge < -0.3 is 4.74 Å². The van der Waals surface area contributed by atoms with Gasteiger partial charge in [-0.1, -0.05) is 42.8 Å². The van der Waals surface area contributed by atoms with Gasteiger partial charge in [-0.05, 0) is 74.7 Å². The lowest BCUT2D eigenvalue weighted by Crippen LogP contribution is -2.45. The van der Waals surface area contributed by atoms with Crippen LogP contribution in [0, 0.1) is 0 Å². The fourth-order valence-corrected chi connectivity index (χ4v) is 4.98. The van der Waals surface area contributed by atoms with Crippen molar-refractivity contribution in [3.05, 3.63) is 83.0 Å². The van der Waals surface area contributed by atoms with Crippen molar-refractivity contribution in [2.45, 2.75) is 56.4 Å². The molecule has 1 fully saturated rings. The Kier molecular flexibility index (Phi) is 6.62. The van der Waals surface area contributed by atoms with Crippen LogP contribution in [0.2, 0.25) is 5.02 Å². The van der Waals surface area contributed by atoms with Crippen LogP contribution in [-0.4, -0.2) is 27.7 Å². The first kappa shape index (κ1) is 25.5. The zero-order valence-corrected chi connectivity index (χ0v) is 21.0. The molecule has 1 heterocycles. The van der Waals surface area contributed by atoms with Gasteiger partial charge in [0.1, 0.15) is 5.75 Å². The molecule has 2 aromatic carbocycles. The van der Waals surface area contributed by atoms with Crippen LogP contribution in [0.25, 0.3) is 0 Å². The Labute approximate surface area is 212 Å². The fourth-order valence-electron chi connectivity index (χ4n) is 4.71. The van der Waals surface area contributed by atoms with Gasteiger partial charge in [0.25, 0.3) is 0 Å². The van der Waals surface area contributed by atoms with Crippen LogP contribution >= 0.6 is 23.2 Å². The number of alkyl halides is 4. The molecule has 0 bridgehead atoms. The molecule has 1 aliphatic carbocycles. The van der Waals surface area contributed by atoms with Gasteiger partial charge in [0.05, 0.1) is 16.5 Å². The number of halogens is 5. The summed E-state index contributed by atoms with van der Waals surface area (Å²) in [5.74, 6) is -0.340. The molecule has 1 saturated heterocycles. The molecule has 0 saturated carbocycles. The zero-order chi connectivity index (χ0) is 25.6. The first-order valence-corrected chi connectivity index (χ1v) is 11.9. The first-order valence-electron chi connectivity index (χ1n) is 11.2. The Morgan fingerprint density at radius 2 is 1.83 bits per heavy atom. The summed E-state index contributed by atoms with van der Waals surface area (Å²) >= 11 is 12.5. The third-order valence-corrected chi connectivity index (χ3v) is 7.09. The minimum Gasteiger partial charge on any atom is -0.406 e. The molecule has 0 radical (unpaired) electrons. The second-order valence-electron chi connectivity index (χ2n) is 9.14. The minimum atomic E-state index is -4.83. The highest BCUT2D eigenvalue weighted by molar-refractivity contribution is 6.30. The van der Waals surface area contributed by atoms with Gasteiger partial charge >= 0.3 is 12.4 Å². The second-order valence-corrected chi connectivity index (χ2v) is 10.4. The Bertz CT molecular complexity index is 1180. The van der Waals surface area contributed by atoms with E-state index in [-0.39, 0.29) is 11.8 Å². The third-order valence-electron chi connectivity index (χ3n) is 6.55. The Balaban J connectivity index is 1.87. The predicted molar refractivity (Wildman–Crippen MR) is 132 cm³/mol. The highest BCUT2D eigenvalue weighted by Gasteiger charge is 2.55. The molecular weight excluding hydrogens is 500 g/mol. The zero-order valence-electron chi connectivity index (χ0n) is 19.4. The van der Waals surface area contributed by atoms with Crippen LogP contribution in [0.3, 0.4) is 0 Å². The van der Waals surface area contributed by atoms with Crippen molar-refractivity contribution in [1.29, 1.82) is 0 Å². The monoisotopic (exact) mass is 524 g/mol. The van der Waals surface area contributed by atoms with E-state index >= 15 is 0 Å². The minimum absolute atomic E-state index is 0.294. The highest BCUT2D eigenvalue weighted by atomic mass is 35.5. The number of carbonyl (C=O) groups is 1. The van der Waals surface area contributed by atoms with E-state index in [1.807, 2.05) is 32.9 Å². The number of ether oxygens (including phenoxy) is 1. The van der Waals surface area contributed by atoms with Crippen molar-refractivity contribution in [3.63, 3.8) is 0 Å². The number of nitrogens with zero attached hydrogens (tertiary/aromatic N) is 2. The molecular formula is C26H25Cl2F3N2O2. The first-order chi connectivity index (χ1) is 16.3. The van der Waals surface area contributed by atoms with Gasteiger partial charge in [-0.15, -0.1) is 24.8 Å².